The molecule has 128 valence electrons. The molecular formula is C19H15N5OS. The van der Waals surface area contributed by atoms with Gasteiger partial charge >= 0.3 is 0 Å². The van der Waals surface area contributed by atoms with Crippen molar-refractivity contribution in [3.05, 3.63) is 72.8 Å². The topological polar surface area (TPSA) is 72.2 Å². The van der Waals surface area contributed by atoms with E-state index in [2.05, 4.69) is 20.6 Å². The van der Waals surface area contributed by atoms with Crippen LogP contribution in [0.25, 0.3) is 17.0 Å². The van der Waals surface area contributed by atoms with Crippen LogP contribution in [0.4, 0.5) is 5.69 Å². The molecule has 2 heterocycles. The number of carbonyl (C=O) groups excluding carboxylic acids is 1. The van der Waals surface area contributed by atoms with Crippen LogP contribution in [0.15, 0.2) is 77.8 Å². The van der Waals surface area contributed by atoms with Gasteiger partial charge in [0.2, 0.25) is 5.91 Å². The lowest BCUT2D eigenvalue weighted by Crippen LogP contribution is -2.14. The zero-order valence-electron chi connectivity index (χ0n) is 13.7. The molecule has 0 bridgehead atoms. The Bertz CT molecular complexity index is 1030. The fourth-order valence-corrected chi connectivity index (χ4v) is 3.13. The van der Waals surface area contributed by atoms with Crippen molar-refractivity contribution < 1.29 is 4.79 Å². The van der Waals surface area contributed by atoms with Gasteiger partial charge in [0.15, 0.2) is 11.5 Å². The molecule has 0 fully saturated rings. The third-order valence-corrected chi connectivity index (χ3v) is 4.60. The molecule has 1 N–H and O–H groups in total. The van der Waals surface area contributed by atoms with E-state index in [0.717, 1.165) is 16.3 Å². The molecule has 0 aliphatic heterocycles. The van der Waals surface area contributed by atoms with E-state index in [0.29, 0.717) is 11.5 Å². The summed E-state index contributed by atoms with van der Waals surface area (Å²) in [6.07, 6.45) is 0. The van der Waals surface area contributed by atoms with Crippen molar-refractivity contribution in [2.24, 2.45) is 0 Å². The minimum absolute atomic E-state index is 0.0739. The summed E-state index contributed by atoms with van der Waals surface area (Å²) in [6.45, 7) is 0. The second-order valence-corrected chi connectivity index (χ2v) is 6.53. The molecule has 0 spiro atoms. The molecule has 2 aromatic heterocycles. The second kappa shape index (κ2) is 7.37. The summed E-state index contributed by atoms with van der Waals surface area (Å²) >= 11 is 1.37. The number of thioether (sulfide) groups is 1. The first-order chi connectivity index (χ1) is 12.8. The molecule has 4 aromatic rings. The van der Waals surface area contributed by atoms with Crippen LogP contribution in [0.5, 0.6) is 0 Å². The Morgan fingerprint density at radius 3 is 2.42 bits per heavy atom. The van der Waals surface area contributed by atoms with Crippen LogP contribution >= 0.6 is 11.8 Å². The Labute approximate surface area is 154 Å². The van der Waals surface area contributed by atoms with Crippen LogP contribution < -0.4 is 5.32 Å². The maximum Gasteiger partial charge on any atom is 0.234 e. The van der Waals surface area contributed by atoms with Gasteiger partial charge in [-0.25, -0.2) is 0 Å². The van der Waals surface area contributed by atoms with Gasteiger partial charge in [-0.3, -0.25) is 4.79 Å². The Hall–Kier alpha value is -3.19. The maximum atomic E-state index is 12.1. The van der Waals surface area contributed by atoms with Crippen molar-refractivity contribution in [1.29, 1.82) is 0 Å². The molecular weight excluding hydrogens is 346 g/mol. The Balaban J connectivity index is 1.50. The Morgan fingerprint density at radius 1 is 0.923 bits per heavy atom. The highest BCUT2D eigenvalue weighted by Gasteiger charge is 2.11. The van der Waals surface area contributed by atoms with Gasteiger partial charge in [-0.2, -0.15) is 9.61 Å². The van der Waals surface area contributed by atoms with E-state index in [9.17, 15) is 4.79 Å². The van der Waals surface area contributed by atoms with Crippen molar-refractivity contribution in [2.75, 3.05) is 11.1 Å². The number of fused-ring (bicyclic) bond motifs is 1. The summed E-state index contributed by atoms with van der Waals surface area (Å²) in [5, 5.41) is 16.5. The number of hydrogen-bond acceptors (Lipinski definition) is 5. The zero-order valence-corrected chi connectivity index (χ0v) is 14.6. The number of aromatic nitrogens is 4. The highest BCUT2D eigenvalue weighted by molar-refractivity contribution is 7.99. The summed E-state index contributed by atoms with van der Waals surface area (Å²) in [6, 6.07) is 22.9. The number of carbonyl (C=O) groups is 1. The van der Waals surface area contributed by atoms with Gasteiger partial charge in [0.1, 0.15) is 5.03 Å². The minimum Gasteiger partial charge on any atom is -0.325 e. The number of amides is 1. The van der Waals surface area contributed by atoms with E-state index in [1.807, 2.05) is 72.8 Å². The Morgan fingerprint density at radius 2 is 1.65 bits per heavy atom. The summed E-state index contributed by atoms with van der Waals surface area (Å²) in [4.78, 5) is 12.1. The van der Waals surface area contributed by atoms with Gasteiger partial charge in [0, 0.05) is 11.3 Å². The first-order valence-corrected chi connectivity index (χ1v) is 9.04. The van der Waals surface area contributed by atoms with Crippen LogP contribution in [0, 0.1) is 0 Å². The smallest absolute Gasteiger partial charge is 0.234 e. The number of anilines is 1. The quantitative estimate of drug-likeness (QED) is 0.551. The molecule has 0 saturated carbocycles. The molecule has 7 heteroatoms. The van der Waals surface area contributed by atoms with Crippen LogP contribution in [-0.4, -0.2) is 31.5 Å². The first-order valence-electron chi connectivity index (χ1n) is 8.05. The molecule has 1 amide bonds. The molecule has 6 nitrogen and oxygen atoms in total. The molecule has 0 saturated heterocycles. The lowest BCUT2D eigenvalue weighted by molar-refractivity contribution is -0.113. The van der Waals surface area contributed by atoms with Gasteiger partial charge in [-0.05, 0) is 24.3 Å². The van der Waals surface area contributed by atoms with E-state index < -0.39 is 0 Å². The molecule has 2 aromatic carbocycles. The van der Waals surface area contributed by atoms with Crippen molar-refractivity contribution in [3.63, 3.8) is 0 Å². The van der Waals surface area contributed by atoms with Crippen molar-refractivity contribution in [2.45, 2.75) is 5.03 Å². The van der Waals surface area contributed by atoms with E-state index in [4.69, 9.17) is 0 Å². The number of para-hydroxylation sites is 1. The zero-order chi connectivity index (χ0) is 17.8. The van der Waals surface area contributed by atoms with Gasteiger partial charge < -0.3 is 5.32 Å². The average Bonchev–Trinajstić information content (AvgIpc) is 3.11. The first kappa shape index (κ1) is 16.3. The third-order valence-electron chi connectivity index (χ3n) is 3.68. The number of rotatable bonds is 5. The predicted octanol–water partition coefficient (Wildman–Crippen LogP) is 3.52. The number of benzene rings is 2. The molecule has 0 unspecified atom stereocenters. The number of nitrogens with zero attached hydrogens (tertiary/aromatic N) is 4. The standard InChI is InChI=1S/C19H15N5OS/c25-17(20-15-9-5-2-6-10-15)13-26-18-12-11-16-21-22-19(24(16)23-18)14-7-3-1-4-8-14/h1-12H,13H2,(H,20,25). The van der Waals surface area contributed by atoms with Crippen LogP contribution in [-0.2, 0) is 4.79 Å². The van der Waals surface area contributed by atoms with Crippen molar-refractivity contribution in [1.82, 2.24) is 19.8 Å². The largest absolute Gasteiger partial charge is 0.325 e. The van der Waals surface area contributed by atoms with Crippen molar-refractivity contribution in [3.8, 4) is 11.4 Å². The highest BCUT2D eigenvalue weighted by atomic mass is 32.2. The van der Waals surface area contributed by atoms with Gasteiger partial charge in [-0.15, -0.1) is 10.2 Å². The van der Waals surface area contributed by atoms with Crippen molar-refractivity contribution >= 4 is 29.0 Å². The summed E-state index contributed by atoms with van der Waals surface area (Å²) < 4.78 is 1.70. The minimum atomic E-state index is -0.0739. The molecule has 4 rings (SSSR count). The molecule has 26 heavy (non-hydrogen) atoms. The highest BCUT2D eigenvalue weighted by Crippen LogP contribution is 2.20. The third kappa shape index (κ3) is 3.57. The lowest BCUT2D eigenvalue weighted by atomic mass is 10.2. The van der Waals surface area contributed by atoms with E-state index in [1.165, 1.54) is 11.8 Å². The molecule has 0 atom stereocenters. The molecule has 0 aliphatic carbocycles. The molecule has 0 aliphatic rings. The van der Waals surface area contributed by atoms with E-state index in [-0.39, 0.29) is 11.7 Å². The van der Waals surface area contributed by atoms with Crippen LogP contribution in [0.3, 0.4) is 0 Å². The lowest BCUT2D eigenvalue weighted by Gasteiger charge is -2.05. The summed E-state index contributed by atoms with van der Waals surface area (Å²) in [5.74, 6) is 0.878. The predicted molar refractivity (Wildman–Crippen MR) is 102 cm³/mol. The van der Waals surface area contributed by atoms with Gasteiger partial charge in [0.05, 0.1) is 5.75 Å². The fourth-order valence-electron chi connectivity index (χ4n) is 2.47. The van der Waals surface area contributed by atoms with Crippen LogP contribution in [0.2, 0.25) is 0 Å². The van der Waals surface area contributed by atoms with Crippen LogP contribution in [0.1, 0.15) is 0 Å². The SMILES string of the molecule is O=C(CSc1ccc2nnc(-c3ccccc3)n2n1)Nc1ccccc1. The second-order valence-electron chi connectivity index (χ2n) is 5.53. The summed E-state index contributed by atoms with van der Waals surface area (Å²) in [7, 11) is 0. The van der Waals surface area contributed by atoms with Gasteiger partial charge in [0.25, 0.3) is 0 Å². The normalized spacial score (nSPS) is 10.8. The summed E-state index contributed by atoms with van der Waals surface area (Å²) in [5.41, 5.74) is 2.39. The molecule has 0 radical (unpaired) electrons. The fraction of sp³-hybridized carbons (Fsp3) is 0.0526. The Kier molecular flexibility index (Phi) is 4.61. The van der Waals surface area contributed by atoms with E-state index in [1.54, 1.807) is 4.52 Å². The maximum absolute atomic E-state index is 12.1. The average molecular weight is 361 g/mol. The number of hydrogen-bond donors (Lipinski definition) is 1. The van der Waals surface area contributed by atoms with E-state index >= 15 is 0 Å². The number of nitrogens with one attached hydrogen (secondary N) is 1. The monoisotopic (exact) mass is 361 g/mol. The van der Waals surface area contributed by atoms with Gasteiger partial charge in [-0.1, -0.05) is 60.3 Å².